The largest absolute Gasteiger partial charge is 0.481 e. The van der Waals surface area contributed by atoms with E-state index in [0.717, 1.165) is 0 Å². The van der Waals surface area contributed by atoms with Gasteiger partial charge in [0, 0.05) is 18.7 Å². The lowest BCUT2D eigenvalue weighted by Crippen LogP contribution is -2.07. The van der Waals surface area contributed by atoms with Gasteiger partial charge >= 0.3 is 5.97 Å². The van der Waals surface area contributed by atoms with E-state index in [1.165, 1.54) is 6.20 Å². The molecule has 0 spiro atoms. The van der Waals surface area contributed by atoms with Gasteiger partial charge in [0.1, 0.15) is 0 Å². The first kappa shape index (κ1) is 9.89. The van der Waals surface area contributed by atoms with Crippen LogP contribution in [0.4, 0.5) is 0 Å². The SMILES string of the molecule is CCn1cc(C(=O)[C@H]2C[C@H]2C(=O)O)cn1. The number of hydrogen-bond acceptors (Lipinski definition) is 3. The van der Waals surface area contributed by atoms with Crippen LogP contribution in [0.25, 0.3) is 0 Å². The lowest BCUT2D eigenvalue weighted by molar-refractivity contribution is -0.138. The lowest BCUT2D eigenvalue weighted by atomic mass is 10.1. The first-order valence-corrected chi connectivity index (χ1v) is 4.93. The number of carbonyl (C=O) groups is 2. The summed E-state index contributed by atoms with van der Waals surface area (Å²) in [7, 11) is 0. The van der Waals surface area contributed by atoms with Gasteiger partial charge in [-0.1, -0.05) is 0 Å². The molecular weight excluding hydrogens is 196 g/mol. The molecule has 2 atom stereocenters. The average molecular weight is 208 g/mol. The van der Waals surface area contributed by atoms with Gasteiger partial charge in [0.25, 0.3) is 0 Å². The van der Waals surface area contributed by atoms with Crippen molar-refractivity contribution in [3.63, 3.8) is 0 Å². The van der Waals surface area contributed by atoms with Crippen molar-refractivity contribution in [2.24, 2.45) is 11.8 Å². The van der Waals surface area contributed by atoms with Crippen LogP contribution in [0.3, 0.4) is 0 Å². The van der Waals surface area contributed by atoms with Crippen molar-refractivity contribution in [3.8, 4) is 0 Å². The molecule has 15 heavy (non-hydrogen) atoms. The second-order valence-electron chi connectivity index (χ2n) is 3.74. The first-order chi connectivity index (χ1) is 7.13. The van der Waals surface area contributed by atoms with E-state index >= 15 is 0 Å². The minimum absolute atomic E-state index is 0.0953. The Hall–Kier alpha value is -1.65. The Morgan fingerprint density at radius 1 is 1.60 bits per heavy atom. The van der Waals surface area contributed by atoms with Crippen LogP contribution in [-0.2, 0) is 11.3 Å². The van der Waals surface area contributed by atoms with Gasteiger partial charge in [0.05, 0.1) is 17.7 Å². The molecule has 0 amide bonds. The van der Waals surface area contributed by atoms with E-state index in [4.69, 9.17) is 5.11 Å². The second kappa shape index (κ2) is 3.49. The molecule has 0 bridgehead atoms. The number of hydrogen-bond donors (Lipinski definition) is 1. The number of aromatic nitrogens is 2. The van der Waals surface area contributed by atoms with Crippen LogP contribution < -0.4 is 0 Å². The zero-order valence-corrected chi connectivity index (χ0v) is 8.38. The highest BCUT2D eigenvalue weighted by Crippen LogP contribution is 2.40. The number of carboxylic acid groups (broad SMARTS) is 1. The summed E-state index contributed by atoms with van der Waals surface area (Å²) in [4.78, 5) is 22.3. The Labute approximate surface area is 86.7 Å². The van der Waals surface area contributed by atoms with Crippen molar-refractivity contribution >= 4 is 11.8 Å². The molecule has 1 aromatic heterocycles. The number of ketones is 1. The van der Waals surface area contributed by atoms with E-state index in [1.807, 2.05) is 6.92 Å². The highest BCUT2D eigenvalue weighted by atomic mass is 16.4. The molecule has 1 aliphatic carbocycles. The van der Waals surface area contributed by atoms with Crippen molar-refractivity contribution in [1.82, 2.24) is 9.78 Å². The summed E-state index contributed by atoms with van der Waals surface area (Å²) in [6.45, 7) is 2.64. The summed E-state index contributed by atoms with van der Waals surface area (Å²) < 4.78 is 1.66. The molecule has 2 rings (SSSR count). The van der Waals surface area contributed by atoms with E-state index < -0.39 is 11.9 Å². The summed E-state index contributed by atoms with van der Waals surface area (Å²) in [6.07, 6.45) is 3.63. The third kappa shape index (κ3) is 1.77. The molecule has 0 unspecified atom stereocenters. The summed E-state index contributed by atoms with van der Waals surface area (Å²) in [5.74, 6) is -1.79. The topological polar surface area (TPSA) is 72.2 Å². The van der Waals surface area contributed by atoms with Gasteiger partial charge in [0.15, 0.2) is 5.78 Å². The van der Waals surface area contributed by atoms with Crippen molar-refractivity contribution in [1.29, 1.82) is 0 Å². The fraction of sp³-hybridized carbons (Fsp3) is 0.500. The minimum Gasteiger partial charge on any atom is -0.481 e. The lowest BCUT2D eigenvalue weighted by Gasteiger charge is -1.93. The van der Waals surface area contributed by atoms with Crippen LogP contribution in [0.2, 0.25) is 0 Å². The molecule has 1 aromatic rings. The maximum Gasteiger partial charge on any atom is 0.307 e. The summed E-state index contributed by atoms with van der Waals surface area (Å²) in [5.41, 5.74) is 0.519. The Balaban J connectivity index is 2.06. The zero-order valence-electron chi connectivity index (χ0n) is 8.38. The highest BCUT2D eigenvalue weighted by molar-refractivity contribution is 6.02. The summed E-state index contributed by atoms with van der Waals surface area (Å²) in [5, 5.41) is 12.7. The highest BCUT2D eigenvalue weighted by Gasteiger charge is 2.48. The number of Topliss-reactive ketones (excluding diaryl/α,β-unsaturated/α-hetero) is 1. The van der Waals surface area contributed by atoms with Gasteiger partial charge in [-0.2, -0.15) is 5.10 Å². The van der Waals surface area contributed by atoms with Gasteiger partial charge < -0.3 is 5.11 Å². The maximum absolute atomic E-state index is 11.7. The molecule has 0 aliphatic heterocycles. The van der Waals surface area contributed by atoms with E-state index in [1.54, 1.807) is 10.9 Å². The number of rotatable bonds is 4. The standard InChI is InChI=1S/C10H12N2O3/c1-2-12-5-6(4-11-12)9(13)7-3-8(7)10(14)15/h4-5,7-8H,2-3H2,1H3,(H,14,15)/t7-,8+/m0/s1. The van der Waals surface area contributed by atoms with Crippen molar-refractivity contribution < 1.29 is 14.7 Å². The maximum atomic E-state index is 11.7. The zero-order chi connectivity index (χ0) is 11.0. The predicted molar refractivity (Wildman–Crippen MR) is 51.5 cm³/mol. The van der Waals surface area contributed by atoms with Crippen LogP contribution in [0.15, 0.2) is 12.4 Å². The van der Waals surface area contributed by atoms with Gasteiger partial charge in [-0.15, -0.1) is 0 Å². The molecule has 0 radical (unpaired) electrons. The Morgan fingerprint density at radius 2 is 2.33 bits per heavy atom. The molecule has 1 aliphatic rings. The van der Waals surface area contributed by atoms with Crippen LogP contribution in [0.1, 0.15) is 23.7 Å². The number of carboxylic acids is 1. The molecule has 0 aromatic carbocycles. The summed E-state index contributed by atoms with van der Waals surface area (Å²) in [6, 6.07) is 0. The van der Waals surface area contributed by atoms with Crippen molar-refractivity contribution in [2.75, 3.05) is 0 Å². The van der Waals surface area contributed by atoms with Gasteiger partial charge in [-0.05, 0) is 13.3 Å². The summed E-state index contributed by atoms with van der Waals surface area (Å²) >= 11 is 0. The fourth-order valence-electron chi connectivity index (χ4n) is 1.64. The molecule has 1 saturated carbocycles. The Kier molecular flexibility index (Phi) is 2.30. The predicted octanol–water partition coefficient (Wildman–Crippen LogP) is 0.806. The molecule has 1 N–H and O–H groups in total. The Bertz CT molecular complexity index is 411. The first-order valence-electron chi connectivity index (χ1n) is 4.93. The van der Waals surface area contributed by atoms with Crippen LogP contribution in [0.5, 0.6) is 0 Å². The van der Waals surface area contributed by atoms with E-state index in [0.29, 0.717) is 18.5 Å². The number of aliphatic carboxylic acids is 1. The molecular formula is C10H12N2O3. The van der Waals surface area contributed by atoms with E-state index in [9.17, 15) is 9.59 Å². The molecule has 5 nitrogen and oxygen atoms in total. The van der Waals surface area contributed by atoms with E-state index in [2.05, 4.69) is 5.10 Å². The third-order valence-electron chi connectivity index (χ3n) is 2.69. The number of carbonyl (C=O) groups excluding carboxylic acids is 1. The second-order valence-corrected chi connectivity index (χ2v) is 3.74. The number of nitrogens with zero attached hydrogens (tertiary/aromatic N) is 2. The van der Waals surface area contributed by atoms with Gasteiger partial charge in [-0.25, -0.2) is 0 Å². The molecule has 1 heterocycles. The molecule has 0 saturated heterocycles. The van der Waals surface area contributed by atoms with E-state index in [-0.39, 0.29) is 11.7 Å². The van der Waals surface area contributed by atoms with Crippen molar-refractivity contribution in [3.05, 3.63) is 18.0 Å². The van der Waals surface area contributed by atoms with Crippen molar-refractivity contribution in [2.45, 2.75) is 19.9 Å². The Morgan fingerprint density at radius 3 is 2.80 bits per heavy atom. The van der Waals surface area contributed by atoms with Crippen LogP contribution in [-0.4, -0.2) is 26.6 Å². The van der Waals surface area contributed by atoms with Gasteiger partial charge in [0.2, 0.25) is 0 Å². The monoisotopic (exact) mass is 208 g/mol. The number of aryl methyl sites for hydroxylation is 1. The minimum atomic E-state index is -0.878. The quantitative estimate of drug-likeness (QED) is 0.743. The third-order valence-corrected chi connectivity index (χ3v) is 2.69. The fourth-order valence-corrected chi connectivity index (χ4v) is 1.64. The normalized spacial score (nSPS) is 23.8. The van der Waals surface area contributed by atoms with Crippen LogP contribution in [0, 0.1) is 11.8 Å². The van der Waals surface area contributed by atoms with Crippen LogP contribution >= 0.6 is 0 Å². The smallest absolute Gasteiger partial charge is 0.307 e. The molecule has 1 fully saturated rings. The average Bonchev–Trinajstić information content (AvgIpc) is 2.88. The van der Waals surface area contributed by atoms with Gasteiger partial charge in [-0.3, -0.25) is 14.3 Å². The molecule has 80 valence electrons. The molecule has 5 heteroatoms.